The highest BCUT2D eigenvalue weighted by atomic mass is 32.1. The van der Waals surface area contributed by atoms with Crippen molar-refractivity contribution in [3.8, 4) is 16.2 Å². The molecule has 1 heterocycles. The molecule has 1 aliphatic rings. The number of rotatable bonds is 10. The second-order valence-electron chi connectivity index (χ2n) is 9.06. The molecule has 0 spiro atoms. The first kappa shape index (κ1) is 25.9. The minimum absolute atomic E-state index is 0.163. The summed E-state index contributed by atoms with van der Waals surface area (Å²) in [6.45, 7) is 2.22. The summed E-state index contributed by atoms with van der Waals surface area (Å²) in [4.78, 5) is 30.5. The fourth-order valence-electron chi connectivity index (χ4n) is 4.32. The number of nitrogens with zero attached hydrogens (tertiary/aromatic N) is 1. The largest absolute Gasteiger partial charge is 0.497 e. The molecule has 190 valence electrons. The van der Waals surface area contributed by atoms with Gasteiger partial charge in [0.25, 0.3) is 0 Å². The number of hydrogen-bond acceptors (Lipinski definition) is 6. The number of thiazole rings is 1. The van der Waals surface area contributed by atoms with Crippen molar-refractivity contribution in [3.05, 3.63) is 65.9 Å². The Hall–Kier alpha value is -3.23. The highest BCUT2D eigenvalue weighted by Gasteiger charge is 2.19. The lowest BCUT2D eigenvalue weighted by Gasteiger charge is -2.22. The number of anilines is 1. The average Bonchev–Trinajstić information content (AvgIpc) is 3.36. The second-order valence-corrected chi connectivity index (χ2v) is 10.1. The summed E-state index contributed by atoms with van der Waals surface area (Å²) in [6.07, 6.45) is 8.32. The van der Waals surface area contributed by atoms with E-state index < -0.39 is 6.04 Å². The first-order valence-corrected chi connectivity index (χ1v) is 13.2. The molecular formula is C28H33N3O4S. The molecule has 1 aromatic heterocycles. The van der Waals surface area contributed by atoms with Crippen LogP contribution in [0, 0.1) is 0 Å². The smallest absolute Gasteiger partial charge is 0.248 e. The lowest BCUT2D eigenvalue weighted by atomic mass is 9.97. The van der Waals surface area contributed by atoms with E-state index in [2.05, 4.69) is 27.8 Å². The molecule has 3 aromatic rings. The van der Waals surface area contributed by atoms with Crippen molar-refractivity contribution in [2.75, 3.05) is 12.4 Å². The summed E-state index contributed by atoms with van der Waals surface area (Å²) in [5.41, 5.74) is 2.99. The lowest BCUT2D eigenvalue weighted by Crippen LogP contribution is -2.42. The van der Waals surface area contributed by atoms with Gasteiger partial charge < -0.3 is 20.1 Å². The van der Waals surface area contributed by atoms with Crippen LogP contribution in [0.5, 0.6) is 5.75 Å². The summed E-state index contributed by atoms with van der Waals surface area (Å²) < 4.78 is 11.4. The Labute approximate surface area is 216 Å². The van der Waals surface area contributed by atoms with Crippen LogP contribution in [0.25, 0.3) is 10.4 Å². The zero-order chi connectivity index (χ0) is 25.3. The minimum atomic E-state index is -0.702. The molecule has 8 heteroatoms. The number of nitrogens with one attached hydrogen (secondary N) is 2. The van der Waals surface area contributed by atoms with E-state index in [1.54, 1.807) is 26.3 Å². The van der Waals surface area contributed by atoms with E-state index in [4.69, 9.17) is 9.47 Å². The SMILES string of the molecule is COc1cccc(CC(=O)N[C@@H](C)C(=O)Nc2ncc(-c3ccccc3COC3CCCCC3)s2)c1. The average molecular weight is 508 g/mol. The van der Waals surface area contributed by atoms with Crippen LogP contribution in [0.3, 0.4) is 0 Å². The predicted molar refractivity (Wildman–Crippen MR) is 142 cm³/mol. The van der Waals surface area contributed by atoms with Gasteiger partial charge in [-0.05, 0) is 48.6 Å². The van der Waals surface area contributed by atoms with Gasteiger partial charge in [0.05, 0.1) is 31.1 Å². The molecule has 7 nitrogen and oxygen atoms in total. The summed E-state index contributed by atoms with van der Waals surface area (Å²) in [6, 6.07) is 14.8. The van der Waals surface area contributed by atoms with E-state index in [1.807, 2.05) is 30.3 Å². The van der Waals surface area contributed by atoms with Crippen LogP contribution in [-0.2, 0) is 27.4 Å². The number of aromatic nitrogens is 1. The summed E-state index contributed by atoms with van der Waals surface area (Å²) in [7, 11) is 1.58. The van der Waals surface area contributed by atoms with Gasteiger partial charge in [-0.15, -0.1) is 0 Å². The molecule has 1 aliphatic carbocycles. The molecule has 0 saturated heterocycles. The number of benzene rings is 2. The van der Waals surface area contributed by atoms with Gasteiger partial charge >= 0.3 is 0 Å². The Balaban J connectivity index is 1.32. The predicted octanol–water partition coefficient (Wildman–Crippen LogP) is 5.35. The monoisotopic (exact) mass is 507 g/mol. The van der Waals surface area contributed by atoms with Crippen LogP contribution < -0.4 is 15.4 Å². The Morgan fingerprint density at radius 2 is 1.92 bits per heavy atom. The Morgan fingerprint density at radius 3 is 2.72 bits per heavy atom. The maximum atomic E-state index is 12.7. The Morgan fingerprint density at radius 1 is 1.11 bits per heavy atom. The van der Waals surface area contributed by atoms with Gasteiger partial charge in [0.2, 0.25) is 11.8 Å². The molecule has 2 amide bonds. The van der Waals surface area contributed by atoms with Crippen molar-refractivity contribution >= 4 is 28.3 Å². The number of hydrogen-bond donors (Lipinski definition) is 2. The van der Waals surface area contributed by atoms with Gasteiger partial charge in [-0.1, -0.05) is 67.0 Å². The molecule has 36 heavy (non-hydrogen) atoms. The minimum Gasteiger partial charge on any atom is -0.497 e. The maximum absolute atomic E-state index is 12.7. The van der Waals surface area contributed by atoms with Crippen LogP contribution in [0.15, 0.2) is 54.7 Å². The normalized spacial score (nSPS) is 14.7. The third-order valence-electron chi connectivity index (χ3n) is 6.31. The van der Waals surface area contributed by atoms with Gasteiger partial charge in [-0.2, -0.15) is 0 Å². The van der Waals surface area contributed by atoms with Crippen LogP contribution >= 0.6 is 11.3 Å². The van der Waals surface area contributed by atoms with Crippen molar-refractivity contribution in [3.63, 3.8) is 0 Å². The van der Waals surface area contributed by atoms with Gasteiger partial charge in [-0.3, -0.25) is 9.59 Å². The van der Waals surface area contributed by atoms with E-state index in [0.717, 1.165) is 34.4 Å². The van der Waals surface area contributed by atoms with Crippen molar-refractivity contribution in [2.45, 2.75) is 64.2 Å². The molecule has 2 aromatic carbocycles. The van der Waals surface area contributed by atoms with Gasteiger partial charge in [0.15, 0.2) is 5.13 Å². The number of amides is 2. The van der Waals surface area contributed by atoms with Crippen LogP contribution in [0.4, 0.5) is 5.13 Å². The van der Waals surface area contributed by atoms with Crippen molar-refractivity contribution in [1.82, 2.24) is 10.3 Å². The van der Waals surface area contributed by atoms with Crippen LogP contribution in [0.2, 0.25) is 0 Å². The first-order valence-electron chi connectivity index (χ1n) is 12.4. The summed E-state index contributed by atoms with van der Waals surface area (Å²) >= 11 is 1.41. The van der Waals surface area contributed by atoms with Crippen LogP contribution in [-0.4, -0.2) is 36.1 Å². The molecule has 1 atom stereocenters. The van der Waals surface area contributed by atoms with Crippen LogP contribution in [0.1, 0.15) is 50.2 Å². The zero-order valence-electron chi connectivity index (χ0n) is 20.8. The van der Waals surface area contributed by atoms with E-state index in [9.17, 15) is 9.59 Å². The van der Waals surface area contributed by atoms with Crippen molar-refractivity contribution < 1.29 is 19.1 Å². The van der Waals surface area contributed by atoms with E-state index in [0.29, 0.717) is 23.6 Å². The molecule has 0 aliphatic heterocycles. The Kier molecular flexibility index (Phi) is 9.08. The third-order valence-corrected chi connectivity index (χ3v) is 7.26. The van der Waals surface area contributed by atoms with E-state index in [1.165, 1.54) is 30.6 Å². The zero-order valence-corrected chi connectivity index (χ0v) is 21.6. The summed E-state index contributed by atoms with van der Waals surface area (Å²) in [5, 5.41) is 6.07. The van der Waals surface area contributed by atoms with Gasteiger partial charge in [-0.25, -0.2) is 4.98 Å². The number of carbonyl (C=O) groups excluding carboxylic acids is 2. The number of ether oxygens (including phenoxy) is 2. The highest BCUT2D eigenvalue weighted by Crippen LogP contribution is 2.32. The molecule has 1 saturated carbocycles. The number of methoxy groups -OCH3 is 1. The van der Waals surface area contributed by atoms with Gasteiger partial charge in [0.1, 0.15) is 11.8 Å². The molecule has 4 rings (SSSR count). The van der Waals surface area contributed by atoms with Crippen molar-refractivity contribution in [2.24, 2.45) is 0 Å². The molecule has 0 unspecified atom stereocenters. The van der Waals surface area contributed by atoms with E-state index in [-0.39, 0.29) is 18.2 Å². The fraction of sp³-hybridized carbons (Fsp3) is 0.393. The van der Waals surface area contributed by atoms with E-state index >= 15 is 0 Å². The Bertz CT molecular complexity index is 1170. The summed E-state index contributed by atoms with van der Waals surface area (Å²) in [5.74, 6) is 0.134. The molecule has 0 bridgehead atoms. The first-order chi connectivity index (χ1) is 17.5. The molecule has 1 fully saturated rings. The lowest BCUT2D eigenvalue weighted by molar-refractivity contribution is -0.125. The topological polar surface area (TPSA) is 89.5 Å². The maximum Gasteiger partial charge on any atom is 0.248 e. The number of carbonyl (C=O) groups is 2. The van der Waals surface area contributed by atoms with Gasteiger partial charge in [0, 0.05) is 6.20 Å². The third kappa shape index (κ3) is 7.15. The quantitative estimate of drug-likeness (QED) is 0.386. The standard InChI is InChI=1S/C28H33N3O4S/c1-19(30-26(32)16-20-9-8-13-23(15-20)34-2)27(33)31-28-29-17-25(36-28)24-14-7-6-10-21(24)18-35-22-11-4-3-5-12-22/h6-10,13-15,17,19,22H,3-5,11-12,16,18H2,1-2H3,(H,30,32)(H,29,31,33)/t19-/m0/s1. The molecule has 2 N–H and O–H groups in total. The van der Waals surface area contributed by atoms with Crippen molar-refractivity contribution in [1.29, 1.82) is 0 Å². The molecular weight excluding hydrogens is 474 g/mol. The fourth-order valence-corrected chi connectivity index (χ4v) is 5.20. The second kappa shape index (κ2) is 12.6. The highest BCUT2D eigenvalue weighted by molar-refractivity contribution is 7.19. The molecule has 0 radical (unpaired) electrons.